The van der Waals surface area contributed by atoms with E-state index in [0.29, 0.717) is 18.4 Å². The summed E-state index contributed by atoms with van der Waals surface area (Å²) < 4.78 is 30.6. The summed E-state index contributed by atoms with van der Waals surface area (Å²) in [7, 11) is -1.89. The van der Waals surface area contributed by atoms with Gasteiger partial charge >= 0.3 is 0 Å². The topological polar surface area (TPSA) is 94.9 Å². The summed E-state index contributed by atoms with van der Waals surface area (Å²) in [6.07, 6.45) is 5.49. The van der Waals surface area contributed by atoms with Crippen LogP contribution in [0.1, 0.15) is 24.6 Å². The summed E-state index contributed by atoms with van der Waals surface area (Å²) in [5, 5.41) is 4.01. The molecule has 7 nitrogen and oxygen atoms in total. The highest BCUT2D eigenvalue weighted by Crippen LogP contribution is 2.37. The summed E-state index contributed by atoms with van der Waals surface area (Å²) in [5.41, 5.74) is 6.52. The fourth-order valence-corrected chi connectivity index (χ4v) is 3.21. The van der Waals surface area contributed by atoms with Crippen molar-refractivity contribution >= 4 is 15.8 Å². The Labute approximate surface area is 117 Å². The fourth-order valence-electron chi connectivity index (χ4n) is 2.17. The van der Waals surface area contributed by atoms with Crippen LogP contribution in [0.3, 0.4) is 0 Å². The first-order valence-corrected chi connectivity index (χ1v) is 7.91. The van der Waals surface area contributed by atoms with E-state index in [1.165, 1.54) is 0 Å². The number of hydrogen-bond donors (Lipinski definition) is 2. The minimum absolute atomic E-state index is 0.232. The predicted octanol–water partition coefficient (Wildman–Crippen LogP) is 0.816. The molecule has 108 valence electrons. The van der Waals surface area contributed by atoms with Gasteiger partial charge in [0.05, 0.1) is 0 Å². The van der Waals surface area contributed by atoms with Gasteiger partial charge in [0.2, 0.25) is 0 Å². The van der Waals surface area contributed by atoms with E-state index in [-0.39, 0.29) is 4.90 Å². The maximum atomic E-state index is 12.3. The number of aromatic nitrogens is 3. The number of anilines is 1. The second-order valence-electron chi connectivity index (χ2n) is 4.99. The van der Waals surface area contributed by atoms with Crippen molar-refractivity contribution in [2.75, 3.05) is 4.72 Å². The van der Waals surface area contributed by atoms with E-state index in [0.717, 1.165) is 18.5 Å². The third kappa shape index (κ3) is 2.44. The van der Waals surface area contributed by atoms with Gasteiger partial charge in [0.15, 0.2) is 5.82 Å². The molecule has 2 aromatic rings. The van der Waals surface area contributed by atoms with E-state index in [1.54, 1.807) is 36.3 Å². The zero-order chi connectivity index (χ0) is 14.3. The van der Waals surface area contributed by atoms with Gasteiger partial charge in [0, 0.05) is 43.8 Å². The Morgan fingerprint density at radius 2 is 2.25 bits per heavy atom. The van der Waals surface area contributed by atoms with Gasteiger partial charge in [-0.15, -0.1) is 0 Å². The Morgan fingerprint density at radius 1 is 1.50 bits per heavy atom. The molecule has 0 bridgehead atoms. The van der Waals surface area contributed by atoms with Crippen molar-refractivity contribution in [2.24, 2.45) is 12.8 Å². The maximum absolute atomic E-state index is 12.3. The second kappa shape index (κ2) is 4.64. The lowest BCUT2D eigenvalue weighted by atomic mass is 10.4. The number of nitrogens with one attached hydrogen (secondary N) is 1. The quantitative estimate of drug-likeness (QED) is 0.853. The molecule has 0 unspecified atom stereocenters. The molecule has 1 fully saturated rings. The third-order valence-corrected chi connectivity index (χ3v) is 4.64. The SMILES string of the molecule is Cn1ccc(NS(=O)(=O)c2cc(CN)n(C3CC3)c2)n1. The Balaban J connectivity index is 1.90. The second-order valence-corrected chi connectivity index (χ2v) is 6.67. The molecule has 0 spiro atoms. The standard InChI is InChI=1S/C12H17N5O2S/c1-16-5-4-12(14-16)15-20(18,19)11-6-10(7-13)17(8-11)9-2-3-9/h4-6,8-9H,2-3,7,13H2,1H3,(H,14,15). The van der Waals surface area contributed by atoms with Crippen molar-refractivity contribution < 1.29 is 8.42 Å². The van der Waals surface area contributed by atoms with Crippen molar-refractivity contribution in [3.63, 3.8) is 0 Å². The lowest BCUT2D eigenvalue weighted by Gasteiger charge is -2.04. The molecule has 0 radical (unpaired) electrons. The zero-order valence-electron chi connectivity index (χ0n) is 11.2. The van der Waals surface area contributed by atoms with Crippen molar-refractivity contribution in [1.82, 2.24) is 14.3 Å². The van der Waals surface area contributed by atoms with E-state index in [4.69, 9.17) is 5.73 Å². The molecule has 3 N–H and O–H groups in total. The smallest absolute Gasteiger partial charge is 0.264 e. The molecular weight excluding hydrogens is 278 g/mol. The zero-order valence-corrected chi connectivity index (χ0v) is 12.0. The van der Waals surface area contributed by atoms with Gasteiger partial charge in [-0.3, -0.25) is 9.40 Å². The first-order valence-electron chi connectivity index (χ1n) is 6.43. The molecule has 20 heavy (non-hydrogen) atoms. The molecular formula is C12H17N5O2S. The highest BCUT2D eigenvalue weighted by atomic mass is 32.2. The molecule has 1 saturated carbocycles. The molecule has 1 aliphatic rings. The van der Waals surface area contributed by atoms with Crippen LogP contribution in [0.4, 0.5) is 5.82 Å². The van der Waals surface area contributed by atoms with Crippen LogP contribution in [0.5, 0.6) is 0 Å². The molecule has 8 heteroatoms. The summed E-state index contributed by atoms with van der Waals surface area (Å²) in [4.78, 5) is 0.232. The first kappa shape index (κ1) is 13.2. The molecule has 0 saturated heterocycles. The van der Waals surface area contributed by atoms with Gasteiger partial charge in [0.1, 0.15) is 4.90 Å². The van der Waals surface area contributed by atoms with Crippen LogP contribution in [-0.4, -0.2) is 22.8 Å². The Bertz CT molecular complexity index is 727. The molecule has 2 heterocycles. The molecule has 0 amide bonds. The van der Waals surface area contributed by atoms with E-state index < -0.39 is 10.0 Å². The highest BCUT2D eigenvalue weighted by molar-refractivity contribution is 7.92. The van der Waals surface area contributed by atoms with Gasteiger partial charge < -0.3 is 10.3 Å². The number of hydrogen-bond acceptors (Lipinski definition) is 4. The van der Waals surface area contributed by atoms with Crippen LogP contribution in [0.15, 0.2) is 29.4 Å². The van der Waals surface area contributed by atoms with Crippen molar-refractivity contribution in [3.05, 3.63) is 30.2 Å². The molecule has 0 aliphatic heterocycles. The fraction of sp³-hybridized carbons (Fsp3) is 0.417. The van der Waals surface area contributed by atoms with Crippen molar-refractivity contribution in [3.8, 4) is 0 Å². The van der Waals surface area contributed by atoms with E-state index in [9.17, 15) is 8.42 Å². The summed E-state index contributed by atoms with van der Waals surface area (Å²) in [6, 6.07) is 3.63. The van der Waals surface area contributed by atoms with E-state index in [2.05, 4.69) is 9.82 Å². The normalized spacial score (nSPS) is 15.5. The number of rotatable bonds is 5. The number of aryl methyl sites for hydroxylation is 1. The Hall–Kier alpha value is -1.80. The lowest BCUT2D eigenvalue weighted by molar-refractivity contribution is 0.600. The maximum Gasteiger partial charge on any atom is 0.264 e. The minimum Gasteiger partial charge on any atom is -0.346 e. The average Bonchev–Trinajstić information content (AvgIpc) is 3.01. The van der Waals surface area contributed by atoms with Crippen LogP contribution >= 0.6 is 0 Å². The van der Waals surface area contributed by atoms with Crippen LogP contribution in [0, 0.1) is 0 Å². The summed E-state index contributed by atoms with van der Waals surface area (Å²) >= 11 is 0. The molecule has 3 rings (SSSR count). The Morgan fingerprint density at radius 3 is 2.80 bits per heavy atom. The van der Waals surface area contributed by atoms with E-state index >= 15 is 0 Å². The van der Waals surface area contributed by atoms with Gasteiger partial charge in [-0.1, -0.05) is 0 Å². The van der Waals surface area contributed by atoms with E-state index in [1.807, 2.05) is 4.57 Å². The molecule has 0 aromatic carbocycles. The van der Waals surface area contributed by atoms with Crippen LogP contribution in [0.2, 0.25) is 0 Å². The monoisotopic (exact) mass is 295 g/mol. The average molecular weight is 295 g/mol. The number of nitrogens with zero attached hydrogens (tertiary/aromatic N) is 3. The molecule has 2 aromatic heterocycles. The van der Waals surface area contributed by atoms with Crippen LogP contribution in [0.25, 0.3) is 0 Å². The van der Waals surface area contributed by atoms with Gasteiger partial charge in [0.25, 0.3) is 10.0 Å². The predicted molar refractivity (Wildman–Crippen MR) is 74.6 cm³/mol. The number of nitrogens with two attached hydrogens (primary N) is 1. The largest absolute Gasteiger partial charge is 0.346 e. The first-order chi connectivity index (χ1) is 9.49. The van der Waals surface area contributed by atoms with Gasteiger partial charge in [-0.2, -0.15) is 5.10 Å². The van der Waals surface area contributed by atoms with Crippen LogP contribution < -0.4 is 10.5 Å². The van der Waals surface area contributed by atoms with Crippen LogP contribution in [-0.2, 0) is 23.6 Å². The van der Waals surface area contributed by atoms with Gasteiger partial charge in [-0.05, 0) is 18.9 Å². The minimum atomic E-state index is -3.62. The highest BCUT2D eigenvalue weighted by Gasteiger charge is 2.28. The third-order valence-electron chi connectivity index (χ3n) is 3.32. The molecule has 1 aliphatic carbocycles. The van der Waals surface area contributed by atoms with Crippen molar-refractivity contribution in [1.29, 1.82) is 0 Å². The lowest BCUT2D eigenvalue weighted by Crippen LogP contribution is -2.13. The summed E-state index contributed by atoms with van der Waals surface area (Å²) in [5.74, 6) is 0.306. The summed E-state index contributed by atoms with van der Waals surface area (Å²) in [6.45, 7) is 0.329. The number of sulfonamides is 1. The molecule has 0 atom stereocenters. The van der Waals surface area contributed by atoms with Gasteiger partial charge in [-0.25, -0.2) is 8.42 Å². The van der Waals surface area contributed by atoms with Crippen molar-refractivity contribution in [2.45, 2.75) is 30.3 Å². The Kier molecular flexibility index (Phi) is 3.06.